The van der Waals surface area contributed by atoms with Crippen molar-refractivity contribution in [3.63, 3.8) is 0 Å². The van der Waals surface area contributed by atoms with Crippen LogP contribution in [0, 0.1) is 0 Å². The molecule has 0 aromatic heterocycles. The molecule has 1 aliphatic rings. The van der Waals surface area contributed by atoms with Gasteiger partial charge in [-0.2, -0.15) is 0 Å². The summed E-state index contributed by atoms with van der Waals surface area (Å²) in [6.07, 6.45) is 1.18. The standard InChI is InChI=1S/C22H24N2O4/c1-3-16-10-12-17(13-11-16)23-21(26)15(2)28-22(27)18-7-4-5-8-19(18)24-14-6-9-20(24)25/h4-5,7-8,10-13,15H,3,6,9,14H2,1-2H3,(H,23,26)/t15-/m0/s1. The third-order valence-corrected chi connectivity index (χ3v) is 4.77. The van der Waals surface area contributed by atoms with Crippen LogP contribution in [0.5, 0.6) is 0 Å². The van der Waals surface area contributed by atoms with Crippen molar-refractivity contribution in [3.8, 4) is 0 Å². The number of carbonyl (C=O) groups excluding carboxylic acids is 3. The number of para-hydroxylation sites is 1. The Labute approximate surface area is 164 Å². The molecule has 2 aromatic carbocycles. The fourth-order valence-corrected chi connectivity index (χ4v) is 3.13. The van der Waals surface area contributed by atoms with Crippen molar-refractivity contribution < 1.29 is 19.1 Å². The smallest absolute Gasteiger partial charge is 0.341 e. The topological polar surface area (TPSA) is 75.7 Å². The van der Waals surface area contributed by atoms with Gasteiger partial charge in [-0.1, -0.05) is 31.2 Å². The summed E-state index contributed by atoms with van der Waals surface area (Å²) in [5, 5.41) is 2.75. The Morgan fingerprint density at radius 3 is 2.50 bits per heavy atom. The number of aryl methyl sites for hydroxylation is 1. The Balaban J connectivity index is 1.67. The van der Waals surface area contributed by atoms with E-state index in [1.165, 1.54) is 12.5 Å². The predicted octanol–water partition coefficient (Wildman–Crippen LogP) is 3.56. The molecule has 28 heavy (non-hydrogen) atoms. The van der Waals surface area contributed by atoms with Crippen LogP contribution in [0.3, 0.4) is 0 Å². The minimum Gasteiger partial charge on any atom is -0.449 e. The van der Waals surface area contributed by atoms with Crippen LogP contribution < -0.4 is 10.2 Å². The summed E-state index contributed by atoms with van der Waals surface area (Å²) in [5.41, 5.74) is 2.63. The second kappa shape index (κ2) is 8.69. The fraction of sp³-hybridized carbons (Fsp3) is 0.318. The van der Waals surface area contributed by atoms with Gasteiger partial charge in [-0.25, -0.2) is 4.79 Å². The molecule has 0 radical (unpaired) electrons. The van der Waals surface area contributed by atoms with Crippen molar-refractivity contribution in [1.29, 1.82) is 0 Å². The fourth-order valence-electron chi connectivity index (χ4n) is 3.13. The van der Waals surface area contributed by atoms with E-state index in [2.05, 4.69) is 12.2 Å². The summed E-state index contributed by atoms with van der Waals surface area (Å²) in [4.78, 5) is 38.6. The summed E-state index contributed by atoms with van der Waals surface area (Å²) >= 11 is 0. The normalized spacial score (nSPS) is 14.6. The van der Waals surface area contributed by atoms with Gasteiger partial charge in [0.05, 0.1) is 11.3 Å². The van der Waals surface area contributed by atoms with Gasteiger partial charge >= 0.3 is 5.97 Å². The highest BCUT2D eigenvalue weighted by Crippen LogP contribution is 2.26. The zero-order valence-corrected chi connectivity index (χ0v) is 16.1. The first-order valence-electron chi connectivity index (χ1n) is 9.49. The monoisotopic (exact) mass is 380 g/mol. The highest BCUT2D eigenvalue weighted by atomic mass is 16.5. The number of rotatable bonds is 6. The lowest BCUT2D eigenvalue weighted by Gasteiger charge is -2.20. The SMILES string of the molecule is CCc1ccc(NC(=O)[C@H](C)OC(=O)c2ccccc2N2CCCC2=O)cc1. The Morgan fingerprint density at radius 2 is 1.86 bits per heavy atom. The maximum Gasteiger partial charge on any atom is 0.341 e. The van der Waals surface area contributed by atoms with E-state index in [1.54, 1.807) is 29.2 Å². The molecule has 6 heteroatoms. The number of hydrogen-bond acceptors (Lipinski definition) is 4. The zero-order valence-electron chi connectivity index (χ0n) is 16.1. The number of nitrogens with one attached hydrogen (secondary N) is 1. The third kappa shape index (κ3) is 4.39. The number of ether oxygens (including phenoxy) is 1. The van der Waals surface area contributed by atoms with E-state index in [0.29, 0.717) is 24.3 Å². The third-order valence-electron chi connectivity index (χ3n) is 4.77. The Morgan fingerprint density at radius 1 is 1.14 bits per heavy atom. The molecule has 1 aliphatic heterocycles. The molecule has 0 spiro atoms. The van der Waals surface area contributed by atoms with Crippen LogP contribution in [-0.2, 0) is 20.7 Å². The lowest BCUT2D eigenvalue weighted by atomic mass is 10.1. The van der Waals surface area contributed by atoms with Crippen molar-refractivity contribution in [2.24, 2.45) is 0 Å². The van der Waals surface area contributed by atoms with Gasteiger partial charge in [-0.15, -0.1) is 0 Å². The van der Waals surface area contributed by atoms with Crippen LogP contribution in [0.25, 0.3) is 0 Å². The molecule has 1 N–H and O–H groups in total. The van der Waals surface area contributed by atoms with Gasteiger partial charge in [0.1, 0.15) is 0 Å². The predicted molar refractivity (Wildman–Crippen MR) is 107 cm³/mol. The molecule has 2 aromatic rings. The van der Waals surface area contributed by atoms with E-state index in [0.717, 1.165) is 12.8 Å². The summed E-state index contributed by atoms with van der Waals surface area (Å²) in [5.74, 6) is -1.05. The minimum absolute atomic E-state index is 0.0124. The van der Waals surface area contributed by atoms with Crippen LogP contribution in [0.2, 0.25) is 0 Å². The maximum atomic E-state index is 12.6. The van der Waals surface area contributed by atoms with E-state index in [-0.39, 0.29) is 11.5 Å². The molecule has 1 saturated heterocycles. The number of nitrogens with zero attached hydrogens (tertiary/aromatic N) is 1. The maximum absolute atomic E-state index is 12.6. The van der Waals surface area contributed by atoms with Gasteiger partial charge in [-0.05, 0) is 49.6 Å². The molecule has 3 rings (SSSR count). The zero-order chi connectivity index (χ0) is 20.1. The summed E-state index contributed by atoms with van der Waals surface area (Å²) < 4.78 is 5.36. The van der Waals surface area contributed by atoms with Gasteiger partial charge in [0, 0.05) is 18.7 Å². The Bertz CT molecular complexity index is 876. The van der Waals surface area contributed by atoms with Crippen molar-refractivity contribution in [2.75, 3.05) is 16.8 Å². The molecule has 1 atom stereocenters. The lowest BCUT2D eigenvalue weighted by Crippen LogP contribution is -2.31. The number of benzene rings is 2. The van der Waals surface area contributed by atoms with Gasteiger partial charge in [0.2, 0.25) is 5.91 Å². The van der Waals surface area contributed by atoms with Crippen molar-refractivity contribution in [3.05, 3.63) is 59.7 Å². The lowest BCUT2D eigenvalue weighted by molar-refractivity contribution is -0.123. The van der Waals surface area contributed by atoms with Gasteiger partial charge in [-0.3, -0.25) is 9.59 Å². The first-order valence-corrected chi connectivity index (χ1v) is 9.49. The van der Waals surface area contributed by atoms with E-state index < -0.39 is 18.0 Å². The second-order valence-electron chi connectivity index (χ2n) is 6.75. The Hall–Kier alpha value is -3.15. The van der Waals surface area contributed by atoms with Crippen LogP contribution in [0.1, 0.15) is 42.6 Å². The summed E-state index contributed by atoms with van der Waals surface area (Å²) in [6, 6.07) is 14.3. The summed E-state index contributed by atoms with van der Waals surface area (Å²) in [7, 11) is 0. The molecule has 0 bridgehead atoms. The molecule has 2 amide bonds. The first kappa shape index (κ1) is 19.6. The molecule has 1 fully saturated rings. The van der Waals surface area contributed by atoms with Crippen LogP contribution in [-0.4, -0.2) is 30.4 Å². The van der Waals surface area contributed by atoms with Crippen molar-refractivity contribution in [1.82, 2.24) is 0 Å². The van der Waals surface area contributed by atoms with Gasteiger partial charge in [0.25, 0.3) is 5.91 Å². The average Bonchev–Trinajstić information content (AvgIpc) is 3.14. The number of amides is 2. The number of carbonyl (C=O) groups is 3. The molecule has 6 nitrogen and oxygen atoms in total. The highest BCUT2D eigenvalue weighted by Gasteiger charge is 2.27. The Kier molecular flexibility index (Phi) is 6.09. The molecular formula is C22H24N2O4. The van der Waals surface area contributed by atoms with Crippen LogP contribution in [0.15, 0.2) is 48.5 Å². The van der Waals surface area contributed by atoms with Gasteiger partial charge in [0.15, 0.2) is 6.10 Å². The van der Waals surface area contributed by atoms with Crippen molar-refractivity contribution >= 4 is 29.2 Å². The number of esters is 1. The molecular weight excluding hydrogens is 356 g/mol. The molecule has 0 aliphatic carbocycles. The molecule has 1 heterocycles. The second-order valence-corrected chi connectivity index (χ2v) is 6.75. The molecule has 146 valence electrons. The highest BCUT2D eigenvalue weighted by molar-refractivity contribution is 6.04. The molecule has 0 saturated carbocycles. The average molecular weight is 380 g/mol. The summed E-state index contributed by atoms with van der Waals surface area (Å²) in [6.45, 7) is 4.16. The largest absolute Gasteiger partial charge is 0.449 e. The van der Waals surface area contributed by atoms with E-state index >= 15 is 0 Å². The van der Waals surface area contributed by atoms with E-state index in [1.807, 2.05) is 24.3 Å². The van der Waals surface area contributed by atoms with Gasteiger partial charge < -0.3 is 15.0 Å². The number of hydrogen-bond donors (Lipinski definition) is 1. The van der Waals surface area contributed by atoms with Crippen molar-refractivity contribution in [2.45, 2.75) is 39.2 Å². The van der Waals surface area contributed by atoms with E-state index in [4.69, 9.17) is 4.74 Å². The minimum atomic E-state index is -0.972. The van der Waals surface area contributed by atoms with Crippen LogP contribution >= 0.6 is 0 Å². The first-order chi connectivity index (χ1) is 13.5. The van der Waals surface area contributed by atoms with E-state index in [9.17, 15) is 14.4 Å². The quantitative estimate of drug-likeness (QED) is 0.778. The van der Waals surface area contributed by atoms with Crippen LogP contribution in [0.4, 0.5) is 11.4 Å². The number of anilines is 2. The molecule has 0 unspecified atom stereocenters.